The number of esters is 1. The van der Waals surface area contributed by atoms with Gasteiger partial charge in [0.05, 0.1) is 12.2 Å². The van der Waals surface area contributed by atoms with Crippen LogP contribution in [-0.4, -0.2) is 37.2 Å². The zero-order valence-electron chi connectivity index (χ0n) is 15.4. The molecule has 1 amide bonds. The van der Waals surface area contributed by atoms with E-state index in [2.05, 4.69) is 6.92 Å². The molecule has 0 N–H and O–H groups in total. The number of carbonyl (C=O) groups excluding carboxylic acids is 2. The van der Waals surface area contributed by atoms with Crippen LogP contribution in [0.1, 0.15) is 69.2 Å². The van der Waals surface area contributed by atoms with Gasteiger partial charge in [-0.1, -0.05) is 57.6 Å². The van der Waals surface area contributed by atoms with E-state index in [1.54, 1.807) is 19.1 Å². The summed E-state index contributed by atoms with van der Waals surface area (Å²) in [6, 6.07) is 4.95. The van der Waals surface area contributed by atoms with Crippen LogP contribution in [-0.2, 0) is 19.6 Å². The van der Waals surface area contributed by atoms with Gasteiger partial charge in [-0.25, -0.2) is 17.5 Å². The van der Waals surface area contributed by atoms with Crippen molar-refractivity contribution in [1.29, 1.82) is 0 Å². The molecule has 0 radical (unpaired) electrons. The Morgan fingerprint density at radius 2 is 1.73 bits per heavy atom. The molecule has 0 saturated carbocycles. The molecule has 0 spiro atoms. The largest absolute Gasteiger partial charge is 0.464 e. The summed E-state index contributed by atoms with van der Waals surface area (Å²) in [4.78, 5) is 25.0. The third-order valence-corrected chi connectivity index (χ3v) is 6.38. The molecule has 0 aliphatic carbocycles. The van der Waals surface area contributed by atoms with Gasteiger partial charge in [0.1, 0.15) is 10.9 Å². The highest BCUT2D eigenvalue weighted by molar-refractivity contribution is 7.90. The summed E-state index contributed by atoms with van der Waals surface area (Å²) in [6.07, 6.45) is 6.30. The third-order valence-electron chi connectivity index (χ3n) is 4.53. The first kappa shape index (κ1) is 20.4. The molecule has 0 bridgehead atoms. The molecule has 6 nitrogen and oxygen atoms in total. The predicted molar refractivity (Wildman–Crippen MR) is 98.2 cm³/mol. The van der Waals surface area contributed by atoms with E-state index in [0.29, 0.717) is 6.42 Å². The van der Waals surface area contributed by atoms with Crippen molar-refractivity contribution in [3.63, 3.8) is 0 Å². The van der Waals surface area contributed by atoms with Crippen molar-refractivity contribution in [2.45, 2.75) is 69.7 Å². The number of benzene rings is 1. The van der Waals surface area contributed by atoms with E-state index in [4.69, 9.17) is 4.74 Å². The Labute approximate surface area is 155 Å². The summed E-state index contributed by atoms with van der Waals surface area (Å²) in [5.74, 6) is -1.31. The Morgan fingerprint density at radius 1 is 1.08 bits per heavy atom. The van der Waals surface area contributed by atoms with Gasteiger partial charge in [-0.3, -0.25) is 4.79 Å². The molecular weight excluding hydrogens is 354 g/mol. The Hall–Kier alpha value is -1.89. The normalized spacial score (nSPS) is 16.4. The molecule has 0 aromatic heterocycles. The van der Waals surface area contributed by atoms with E-state index in [1.165, 1.54) is 12.1 Å². The molecule has 1 aromatic rings. The van der Waals surface area contributed by atoms with Crippen molar-refractivity contribution in [3.8, 4) is 0 Å². The summed E-state index contributed by atoms with van der Waals surface area (Å²) in [5.41, 5.74) is 0.116. The van der Waals surface area contributed by atoms with Crippen molar-refractivity contribution in [1.82, 2.24) is 4.31 Å². The first-order valence-corrected chi connectivity index (χ1v) is 10.7. The second-order valence-corrected chi connectivity index (χ2v) is 8.21. The number of sulfonamides is 1. The lowest BCUT2D eigenvalue weighted by Gasteiger charge is -2.25. The van der Waals surface area contributed by atoms with Crippen molar-refractivity contribution in [2.24, 2.45) is 0 Å². The number of amides is 1. The van der Waals surface area contributed by atoms with Crippen LogP contribution in [0, 0.1) is 0 Å². The highest BCUT2D eigenvalue weighted by Gasteiger charge is 2.47. The van der Waals surface area contributed by atoms with Gasteiger partial charge in [0, 0.05) is 0 Å². The first-order chi connectivity index (χ1) is 12.4. The van der Waals surface area contributed by atoms with E-state index in [0.717, 1.165) is 36.4 Å². The predicted octanol–water partition coefficient (Wildman–Crippen LogP) is 3.51. The van der Waals surface area contributed by atoms with Gasteiger partial charge >= 0.3 is 5.97 Å². The van der Waals surface area contributed by atoms with Gasteiger partial charge in [0.15, 0.2) is 0 Å². The smallest absolute Gasteiger partial charge is 0.330 e. The number of unbranched alkanes of at least 4 members (excludes halogenated alkanes) is 5. The van der Waals surface area contributed by atoms with Gasteiger partial charge in [-0.2, -0.15) is 0 Å². The highest BCUT2D eigenvalue weighted by Crippen LogP contribution is 2.33. The topological polar surface area (TPSA) is 80.8 Å². The first-order valence-electron chi connectivity index (χ1n) is 9.29. The zero-order valence-corrected chi connectivity index (χ0v) is 16.3. The quantitative estimate of drug-likeness (QED) is 0.458. The maximum absolute atomic E-state index is 12.8. The Bertz CT molecular complexity index is 744. The minimum atomic E-state index is -4.03. The van der Waals surface area contributed by atoms with Crippen molar-refractivity contribution in [2.75, 3.05) is 6.61 Å². The number of ether oxygens (including phenoxy) is 1. The van der Waals surface area contributed by atoms with Crippen LogP contribution in [0.15, 0.2) is 29.2 Å². The van der Waals surface area contributed by atoms with Crippen LogP contribution in [0.3, 0.4) is 0 Å². The van der Waals surface area contributed by atoms with E-state index >= 15 is 0 Å². The fourth-order valence-corrected chi connectivity index (χ4v) is 4.94. The lowest BCUT2D eigenvalue weighted by molar-refractivity contribution is -0.147. The van der Waals surface area contributed by atoms with Gasteiger partial charge < -0.3 is 4.74 Å². The number of hydrogen-bond donors (Lipinski definition) is 0. The monoisotopic (exact) mass is 381 g/mol. The molecule has 1 heterocycles. The number of nitrogens with zero attached hydrogens (tertiary/aromatic N) is 1. The number of rotatable bonds is 10. The molecule has 1 atom stereocenters. The molecule has 1 aliphatic heterocycles. The van der Waals surface area contributed by atoms with Crippen molar-refractivity contribution < 1.29 is 22.7 Å². The minimum absolute atomic E-state index is 0.0396. The molecule has 26 heavy (non-hydrogen) atoms. The molecule has 1 unspecified atom stereocenters. The van der Waals surface area contributed by atoms with Gasteiger partial charge in [0.25, 0.3) is 15.9 Å². The number of fused-ring (bicyclic) bond motifs is 1. The average Bonchev–Trinajstić information content (AvgIpc) is 2.82. The lowest BCUT2D eigenvalue weighted by Crippen LogP contribution is -2.45. The molecule has 1 aliphatic rings. The van der Waals surface area contributed by atoms with Crippen LogP contribution in [0.25, 0.3) is 0 Å². The van der Waals surface area contributed by atoms with E-state index in [1.807, 2.05) is 0 Å². The SMILES string of the molecule is CCCCCCCCC(C(=O)OCC)N1C(=O)c2ccccc2S1(=O)=O. The summed E-state index contributed by atoms with van der Waals surface area (Å²) in [5, 5.41) is 0. The Balaban J connectivity index is 2.18. The lowest BCUT2D eigenvalue weighted by atomic mass is 10.1. The maximum Gasteiger partial charge on any atom is 0.330 e. The number of carbonyl (C=O) groups is 2. The van der Waals surface area contributed by atoms with E-state index in [-0.39, 0.29) is 23.5 Å². The zero-order chi connectivity index (χ0) is 19.2. The van der Waals surface area contributed by atoms with Crippen LogP contribution in [0.2, 0.25) is 0 Å². The van der Waals surface area contributed by atoms with Crippen LogP contribution in [0.5, 0.6) is 0 Å². The molecular formula is C19H27NO5S. The maximum atomic E-state index is 12.8. The molecule has 0 saturated heterocycles. The van der Waals surface area contributed by atoms with Crippen LogP contribution in [0.4, 0.5) is 0 Å². The van der Waals surface area contributed by atoms with Gasteiger partial charge in [0.2, 0.25) is 0 Å². The standard InChI is InChI=1S/C19H27NO5S/c1-3-5-6-7-8-9-13-16(19(22)25-4-2)20-18(21)15-12-10-11-14-17(15)26(20,23)24/h10-12,14,16H,3-9,13H2,1-2H3. The van der Waals surface area contributed by atoms with E-state index in [9.17, 15) is 18.0 Å². The van der Waals surface area contributed by atoms with E-state index < -0.39 is 27.9 Å². The second-order valence-electron chi connectivity index (χ2n) is 6.43. The van der Waals surface area contributed by atoms with Crippen LogP contribution >= 0.6 is 0 Å². The Kier molecular flexibility index (Phi) is 7.20. The van der Waals surface area contributed by atoms with Gasteiger partial charge in [-0.05, 0) is 25.5 Å². The molecule has 2 rings (SSSR count). The van der Waals surface area contributed by atoms with Crippen molar-refractivity contribution >= 4 is 21.9 Å². The summed E-state index contributed by atoms with van der Waals surface area (Å²) < 4.78 is 31.4. The Morgan fingerprint density at radius 3 is 2.38 bits per heavy atom. The van der Waals surface area contributed by atoms with Gasteiger partial charge in [-0.15, -0.1) is 0 Å². The minimum Gasteiger partial charge on any atom is -0.464 e. The van der Waals surface area contributed by atoms with Crippen molar-refractivity contribution in [3.05, 3.63) is 29.8 Å². The average molecular weight is 381 g/mol. The second kappa shape index (κ2) is 9.16. The fraction of sp³-hybridized carbons (Fsp3) is 0.579. The molecule has 7 heteroatoms. The summed E-state index contributed by atoms with van der Waals surface area (Å²) in [7, 11) is -4.03. The fourth-order valence-electron chi connectivity index (χ4n) is 3.20. The molecule has 0 fully saturated rings. The molecule has 144 valence electrons. The third kappa shape index (κ3) is 4.26. The summed E-state index contributed by atoms with van der Waals surface area (Å²) >= 11 is 0. The summed E-state index contributed by atoms with van der Waals surface area (Å²) in [6.45, 7) is 3.94. The molecule has 1 aromatic carbocycles. The number of hydrogen-bond acceptors (Lipinski definition) is 5. The van der Waals surface area contributed by atoms with Crippen LogP contribution < -0.4 is 0 Å². The highest BCUT2D eigenvalue weighted by atomic mass is 32.2.